The highest BCUT2D eigenvalue weighted by atomic mass is 35.5. The van der Waals surface area contributed by atoms with Gasteiger partial charge in [-0.2, -0.15) is 0 Å². The number of likely N-dealkylation sites (N-methyl/N-ethyl adjacent to an activating group) is 1. The Morgan fingerprint density at radius 2 is 1.96 bits per heavy atom. The van der Waals surface area contributed by atoms with Crippen LogP contribution in [0.1, 0.15) is 13.3 Å². The van der Waals surface area contributed by atoms with Crippen molar-refractivity contribution in [3.8, 4) is 5.75 Å². The first kappa shape index (κ1) is 20.0. The number of nitrogens with one attached hydrogen (secondary N) is 1. The number of hydrogen-bond acceptors (Lipinski definition) is 5. The number of nitrogens with zero attached hydrogens (tertiary/aromatic N) is 2. The zero-order chi connectivity index (χ0) is 18.4. The van der Waals surface area contributed by atoms with Crippen LogP contribution in [0.5, 0.6) is 5.75 Å². The van der Waals surface area contributed by atoms with Gasteiger partial charge in [0.1, 0.15) is 10.6 Å². The summed E-state index contributed by atoms with van der Waals surface area (Å²) in [6.07, 6.45) is 0.119. The Balaban J connectivity index is 1.90. The lowest BCUT2D eigenvalue weighted by atomic mass is 10.3. The number of rotatable bonds is 7. The molecular formula is C16H24ClN3O4S. The highest BCUT2D eigenvalue weighted by Gasteiger charge is 2.22. The second-order valence-electron chi connectivity index (χ2n) is 5.76. The van der Waals surface area contributed by atoms with Crippen LogP contribution in [0.2, 0.25) is 5.02 Å². The maximum atomic E-state index is 12.4. The molecule has 1 N–H and O–H groups in total. The smallest absolute Gasteiger partial charge is 0.244 e. The van der Waals surface area contributed by atoms with Crippen molar-refractivity contribution in [2.24, 2.45) is 0 Å². The van der Waals surface area contributed by atoms with Gasteiger partial charge in [-0.3, -0.25) is 4.79 Å². The normalized spacial score (nSPS) is 16.0. The van der Waals surface area contributed by atoms with Crippen LogP contribution in [-0.2, 0) is 14.8 Å². The lowest BCUT2D eigenvalue weighted by Gasteiger charge is -2.34. The van der Waals surface area contributed by atoms with Crippen LogP contribution in [0, 0.1) is 0 Å². The third kappa shape index (κ3) is 5.31. The van der Waals surface area contributed by atoms with Gasteiger partial charge in [0, 0.05) is 44.2 Å². The molecule has 0 aliphatic carbocycles. The number of carbonyl (C=O) groups excluding carboxylic acids is 1. The first-order valence-electron chi connectivity index (χ1n) is 8.20. The Morgan fingerprint density at radius 1 is 1.28 bits per heavy atom. The first-order valence-corrected chi connectivity index (χ1v) is 10.1. The van der Waals surface area contributed by atoms with Gasteiger partial charge in [0.2, 0.25) is 15.9 Å². The Hall–Kier alpha value is -1.35. The van der Waals surface area contributed by atoms with E-state index in [1.54, 1.807) is 11.0 Å². The van der Waals surface area contributed by atoms with E-state index < -0.39 is 10.0 Å². The Kier molecular flexibility index (Phi) is 7.06. The van der Waals surface area contributed by atoms with Crippen molar-refractivity contribution in [2.45, 2.75) is 18.2 Å². The van der Waals surface area contributed by atoms with E-state index in [4.69, 9.17) is 16.3 Å². The van der Waals surface area contributed by atoms with Crippen LogP contribution >= 0.6 is 11.6 Å². The summed E-state index contributed by atoms with van der Waals surface area (Å²) in [7, 11) is -2.41. The van der Waals surface area contributed by atoms with Gasteiger partial charge >= 0.3 is 0 Å². The van der Waals surface area contributed by atoms with Gasteiger partial charge in [-0.15, -0.1) is 0 Å². The second-order valence-corrected chi connectivity index (χ2v) is 7.93. The van der Waals surface area contributed by atoms with E-state index >= 15 is 0 Å². The van der Waals surface area contributed by atoms with E-state index in [0.717, 1.165) is 19.6 Å². The number of piperazine rings is 1. The van der Waals surface area contributed by atoms with Gasteiger partial charge in [0.15, 0.2) is 0 Å². The summed E-state index contributed by atoms with van der Waals surface area (Å²) in [6, 6.07) is 4.38. The van der Waals surface area contributed by atoms with Crippen molar-refractivity contribution in [1.82, 2.24) is 14.5 Å². The number of sulfonamides is 1. The number of amides is 1. The molecule has 1 heterocycles. The molecule has 1 aromatic carbocycles. The summed E-state index contributed by atoms with van der Waals surface area (Å²) >= 11 is 5.88. The molecule has 1 fully saturated rings. The van der Waals surface area contributed by atoms with Crippen LogP contribution in [0.25, 0.3) is 0 Å². The third-order valence-corrected chi connectivity index (χ3v) is 5.94. The van der Waals surface area contributed by atoms with E-state index in [1.807, 2.05) is 0 Å². The first-order chi connectivity index (χ1) is 11.9. The molecular weight excluding hydrogens is 366 g/mol. The van der Waals surface area contributed by atoms with Crippen molar-refractivity contribution in [3.05, 3.63) is 23.2 Å². The minimum Gasteiger partial charge on any atom is -0.495 e. The fraction of sp³-hybridized carbons (Fsp3) is 0.562. The fourth-order valence-corrected chi connectivity index (χ4v) is 4.16. The van der Waals surface area contributed by atoms with Crippen LogP contribution in [0.15, 0.2) is 23.1 Å². The Bertz CT molecular complexity index is 703. The predicted molar refractivity (Wildman–Crippen MR) is 96.5 cm³/mol. The number of carbonyl (C=O) groups is 1. The largest absolute Gasteiger partial charge is 0.495 e. The van der Waals surface area contributed by atoms with Gasteiger partial charge < -0.3 is 14.5 Å². The van der Waals surface area contributed by atoms with E-state index in [-0.39, 0.29) is 29.5 Å². The van der Waals surface area contributed by atoms with Crippen molar-refractivity contribution in [2.75, 3.05) is 46.4 Å². The quantitative estimate of drug-likeness (QED) is 0.757. The Labute approximate surface area is 153 Å². The maximum absolute atomic E-state index is 12.4. The van der Waals surface area contributed by atoms with E-state index in [9.17, 15) is 13.2 Å². The summed E-state index contributed by atoms with van der Waals surface area (Å²) < 4.78 is 32.4. The minimum atomic E-state index is -3.80. The van der Waals surface area contributed by atoms with Crippen molar-refractivity contribution >= 4 is 27.5 Å². The van der Waals surface area contributed by atoms with Crippen LogP contribution in [0.3, 0.4) is 0 Å². The summed E-state index contributed by atoms with van der Waals surface area (Å²) in [4.78, 5) is 16.2. The molecule has 140 valence electrons. The molecule has 9 heteroatoms. The SMILES string of the molecule is CCN1CCN(C(=O)CCNS(=O)(=O)c2cc(Cl)ccc2OC)CC1. The van der Waals surface area contributed by atoms with Crippen LogP contribution in [-0.4, -0.2) is 70.5 Å². The van der Waals surface area contributed by atoms with Crippen molar-refractivity contribution in [3.63, 3.8) is 0 Å². The number of benzene rings is 1. The number of ether oxygens (including phenoxy) is 1. The molecule has 25 heavy (non-hydrogen) atoms. The molecule has 0 saturated carbocycles. The molecule has 0 unspecified atom stereocenters. The van der Waals surface area contributed by atoms with Crippen LogP contribution in [0.4, 0.5) is 0 Å². The minimum absolute atomic E-state index is 0.0326. The van der Waals surface area contributed by atoms with E-state index in [1.165, 1.54) is 19.2 Å². The zero-order valence-electron chi connectivity index (χ0n) is 14.5. The van der Waals surface area contributed by atoms with Gasteiger partial charge in [-0.1, -0.05) is 18.5 Å². The molecule has 2 rings (SSSR count). The molecule has 1 amide bonds. The topological polar surface area (TPSA) is 79.0 Å². The summed E-state index contributed by atoms with van der Waals surface area (Å²) in [5.74, 6) is 0.162. The average Bonchev–Trinajstić information content (AvgIpc) is 2.61. The highest BCUT2D eigenvalue weighted by molar-refractivity contribution is 7.89. The molecule has 0 aromatic heterocycles. The van der Waals surface area contributed by atoms with Gasteiger partial charge in [0.05, 0.1) is 7.11 Å². The fourth-order valence-electron chi connectivity index (χ4n) is 2.70. The standard InChI is InChI=1S/C16H24ClN3O4S/c1-3-19-8-10-20(11-9-19)16(21)6-7-18-25(22,23)15-12-13(17)4-5-14(15)24-2/h4-5,12,18H,3,6-11H2,1-2H3. The average molecular weight is 390 g/mol. The van der Waals surface area contributed by atoms with Gasteiger partial charge in [-0.05, 0) is 24.7 Å². The monoisotopic (exact) mass is 389 g/mol. The molecule has 1 aromatic rings. The van der Waals surface area contributed by atoms with Crippen molar-refractivity contribution < 1.29 is 17.9 Å². The summed E-state index contributed by atoms with van der Waals surface area (Å²) in [5, 5.41) is 0.297. The van der Waals surface area contributed by atoms with Gasteiger partial charge in [0.25, 0.3) is 0 Å². The number of methoxy groups -OCH3 is 1. The molecule has 0 atom stereocenters. The summed E-state index contributed by atoms with van der Waals surface area (Å²) in [5.41, 5.74) is 0. The van der Waals surface area contributed by atoms with Crippen molar-refractivity contribution in [1.29, 1.82) is 0 Å². The molecule has 0 bridgehead atoms. The highest BCUT2D eigenvalue weighted by Crippen LogP contribution is 2.26. The lowest BCUT2D eigenvalue weighted by molar-refractivity contribution is -0.132. The number of halogens is 1. The van der Waals surface area contributed by atoms with E-state index in [0.29, 0.717) is 18.1 Å². The third-order valence-electron chi connectivity index (χ3n) is 4.22. The predicted octanol–water partition coefficient (Wildman–Crippen LogP) is 1.18. The maximum Gasteiger partial charge on any atom is 0.244 e. The lowest BCUT2D eigenvalue weighted by Crippen LogP contribution is -2.49. The molecule has 1 aliphatic heterocycles. The second kappa shape index (κ2) is 8.84. The Morgan fingerprint density at radius 3 is 2.56 bits per heavy atom. The molecule has 1 aliphatic rings. The van der Waals surface area contributed by atoms with Gasteiger partial charge in [-0.25, -0.2) is 13.1 Å². The molecule has 1 saturated heterocycles. The molecule has 7 nitrogen and oxygen atoms in total. The number of hydrogen-bond donors (Lipinski definition) is 1. The molecule has 0 radical (unpaired) electrons. The summed E-state index contributed by atoms with van der Waals surface area (Å²) in [6.45, 7) is 6.18. The van der Waals surface area contributed by atoms with Crippen LogP contribution < -0.4 is 9.46 Å². The van der Waals surface area contributed by atoms with E-state index in [2.05, 4.69) is 16.5 Å². The molecule has 0 spiro atoms. The zero-order valence-corrected chi connectivity index (χ0v) is 16.1.